The van der Waals surface area contributed by atoms with Crippen LogP contribution in [0.15, 0.2) is 0 Å². The summed E-state index contributed by atoms with van der Waals surface area (Å²) in [6, 6.07) is 0. The van der Waals surface area contributed by atoms with Crippen LogP contribution in [-0.2, 0) is 4.74 Å². The summed E-state index contributed by atoms with van der Waals surface area (Å²) in [7, 11) is 1.65. The van der Waals surface area contributed by atoms with Gasteiger partial charge in [-0.3, -0.25) is 0 Å². The molecule has 2 atom stereocenters. The Balaban J connectivity index is 0. The second kappa shape index (κ2) is 9.92. The normalized spacial score (nSPS) is 14.7. The Morgan fingerprint density at radius 2 is 1.82 bits per heavy atom. The molecule has 0 amide bonds. The number of ether oxygens (including phenoxy) is 1. The molecule has 0 spiro atoms. The Morgan fingerprint density at radius 1 is 1.36 bits per heavy atom. The summed E-state index contributed by atoms with van der Waals surface area (Å²) in [5.74, 6) is 0.264. The van der Waals surface area contributed by atoms with E-state index in [0.717, 1.165) is 6.42 Å². The first kappa shape index (κ1) is 13.5. The molecule has 0 aromatic heterocycles. The zero-order chi connectivity index (χ0) is 9.28. The lowest BCUT2D eigenvalue weighted by Crippen LogP contribution is -2.20. The Morgan fingerprint density at radius 3 is 2.09 bits per heavy atom. The summed E-state index contributed by atoms with van der Waals surface area (Å²) >= 11 is 0. The lowest BCUT2D eigenvalue weighted by atomic mass is 10.0. The summed E-state index contributed by atoms with van der Waals surface area (Å²) in [6.45, 7) is 8.60. The summed E-state index contributed by atoms with van der Waals surface area (Å²) in [5.41, 5.74) is 0. The average Bonchev–Trinajstić information content (AvgIpc) is 2.07. The molecule has 70 valence electrons. The van der Waals surface area contributed by atoms with Gasteiger partial charge in [-0.15, -0.1) is 0 Å². The fourth-order valence-corrected chi connectivity index (χ4v) is 0.776. The molecule has 0 saturated heterocycles. The molecule has 1 N–H and O–H groups in total. The molecule has 0 aromatic rings. The van der Waals surface area contributed by atoms with Gasteiger partial charge in [-0.2, -0.15) is 0 Å². The lowest BCUT2D eigenvalue weighted by molar-refractivity contribution is 0.0550. The quantitative estimate of drug-likeness (QED) is 0.685. The van der Waals surface area contributed by atoms with Gasteiger partial charge in [-0.05, 0) is 6.42 Å². The minimum atomic E-state index is -0.204. The fraction of sp³-hybridized carbons (Fsp3) is 1.00. The van der Waals surface area contributed by atoms with Crippen molar-refractivity contribution in [3.63, 3.8) is 0 Å². The molecule has 0 aliphatic rings. The van der Waals surface area contributed by atoms with Crippen molar-refractivity contribution >= 4 is 0 Å². The molecule has 0 radical (unpaired) electrons. The first-order chi connectivity index (χ1) is 5.22. The number of hydrogen-bond donors (Lipinski definition) is 1. The molecule has 2 heteroatoms. The summed E-state index contributed by atoms with van der Waals surface area (Å²) in [4.78, 5) is 0. The van der Waals surface area contributed by atoms with Gasteiger partial charge in [-0.25, -0.2) is 0 Å². The third kappa shape index (κ3) is 7.82. The van der Waals surface area contributed by atoms with Crippen LogP contribution >= 0.6 is 0 Å². The molecule has 2 nitrogen and oxygen atoms in total. The van der Waals surface area contributed by atoms with Crippen molar-refractivity contribution < 1.29 is 9.84 Å². The maximum atomic E-state index is 9.18. The molecule has 0 bridgehead atoms. The smallest absolute Gasteiger partial charge is 0.0585 e. The van der Waals surface area contributed by atoms with Crippen LogP contribution in [0.2, 0.25) is 0 Å². The predicted molar refractivity (Wildman–Crippen MR) is 48.7 cm³/mol. The van der Waals surface area contributed by atoms with Crippen molar-refractivity contribution in [2.75, 3.05) is 13.7 Å². The Labute approximate surface area is 70.6 Å². The van der Waals surface area contributed by atoms with Crippen molar-refractivity contribution in [2.24, 2.45) is 5.92 Å². The van der Waals surface area contributed by atoms with Crippen LogP contribution in [0.1, 0.15) is 34.1 Å². The van der Waals surface area contributed by atoms with Gasteiger partial charge in [0.2, 0.25) is 0 Å². The van der Waals surface area contributed by atoms with Crippen LogP contribution in [0.3, 0.4) is 0 Å². The van der Waals surface area contributed by atoms with E-state index in [1.165, 1.54) is 0 Å². The highest BCUT2D eigenvalue weighted by molar-refractivity contribution is 4.60. The van der Waals surface area contributed by atoms with E-state index in [2.05, 4.69) is 0 Å². The Bertz CT molecular complexity index is 64.6. The van der Waals surface area contributed by atoms with Gasteiger partial charge in [0.25, 0.3) is 0 Å². The Hall–Kier alpha value is -0.0800. The van der Waals surface area contributed by atoms with Gasteiger partial charge >= 0.3 is 0 Å². The molecular formula is C9H22O2. The zero-order valence-electron chi connectivity index (χ0n) is 8.42. The molecule has 0 aromatic carbocycles. The van der Waals surface area contributed by atoms with E-state index < -0.39 is 0 Å². The molecular weight excluding hydrogens is 140 g/mol. The van der Waals surface area contributed by atoms with Gasteiger partial charge in [0.15, 0.2) is 0 Å². The summed E-state index contributed by atoms with van der Waals surface area (Å²) in [5, 5.41) is 9.18. The minimum Gasteiger partial charge on any atom is -0.393 e. The van der Waals surface area contributed by atoms with Crippen LogP contribution in [0.4, 0.5) is 0 Å². The maximum Gasteiger partial charge on any atom is 0.0585 e. The van der Waals surface area contributed by atoms with E-state index in [4.69, 9.17) is 4.74 Å². The summed E-state index contributed by atoms with van der Waals surface area (Å²) < 4.78 is 4.87. The molecule has 11 heavy (non-hydrogen) atoms. The first-order valence-corrected chi connectivity index (χ1v) is 4.39. The monoisotopic (exact) mass is 162 g/mol. The number of rotatable bonds is 4. The van der Waals surface area contributed by atoms with Gasteiger partial charge in [0.1, 0.15) is 0 Å². The molecule has 0 fully saturated rings. The van der Waals surface area contributed by atoms with E-state index in [0.29, 0.717) is 6.61 Å². The third-order valence-electron chi connectivity index (χ3n) is 1.50. The number of hydrogen-bond acceptors (Lipinski definition) is 2. The molecule has 0 heterocycles. The standard InChI is InChI=1S/C7H16O2.C2H6/c1-4-7(8)6(2)5-9-3;1-2/h6-8H,4-5H2,1-3H3;1-2H3. The highest BCUT2D eigenvalue weighted by Gasteiger charge is 2.10. The molecule has 2 unspecified atom stereocenters. The largest absolute Gasteiger partial charge is 0.393 e. The van der Waals surface area contributed by atoms with Crippen molar-refractivity contribution in [3.8, 4) is 0 Å². The van der Waals surface area contributed by atoms with Gasteiger partial charge in [0, 0.05) is 13.0 Å². The van der Waals surface area contributed by atoms with E-state index >= 15 is 0 Å². The van der Waals surface area contributed by atoms with E-state index in [-0.39, 0.29) is 12.0 Å². The molecule has 0 aliphatic heterocycles. The molecule has 0 aliphatic carbocycles. The van der Waals surface area contributed by atoms with Crippen LogP contribution in [0, 0.1) is 5.92 Å². The molecule has 0 saturated carbocycles. The van der Waals surface area contributed by atoms with E-state index in [9.17, 15) is 5.11 Å². The van der Waals surface area contributed by atoms with Gasteiger partial charge in [0.05, 0.1) is 12.7 Å². The van der Waals surface area contributed by atoms with Gasteiger partial charge in [-0.1, -0.05) is 27.7 Å². The summed E-state index contributed by atoms with van der Waals surface area (Å²) in [6.07, 6.45) is 0.606. The van der Waals surface area contributed by atoms with Crippen LogP contribution in [-0.4, -0.2) is 24.9 Å². The van der Waals surface area contributed by atoms with E-state index in [1.54, 1.807) is 7.11 Å². The van der Waals surface area contributed by atoms with Crippen molar-refractivity contribution in [3.05, 3.63) is 0 Å². The minimum absolute atomic E-state index is 0.204. The highest BCUT2D eigenvalue weighted by atomic mass is 16.5. The van der Waals surface area contributed by atoms with Crippen LogP contribution < -0.4 is 0 Å². The number of aliphatic hydroxyl groups is 1. The van der Waals surface area contributed by atoms with Gasteiger partial charge < -0.3 is 9.84 Å². The zero-order valence-corrected chi connectivity index (χ0v) is 8.42. The fourth-order valence-electron chi connectivity index (χ4n) is 0.776. The topological polar surface area (TPSA) is 29.5 Å². The molecule has 0 rings (SSSR count). The number of methoxy groups -OCH3 is 1. The second-order valence-electron chi connectivity index (χ2n) is 2.41. The predicted octanol–water partition coefficient (Wildman–Crippen LogP) is 2.07. The van der Waals surface area contributed by atoms with Crippen LogP contribution in [0.5, 0.6) is 0 Å². The lowest BCUT2D eigenvalue weighted by Gasteiger charge is -2.15. The SMILES string of the molecule is CC.CCC(O)C(C)COC. The third-order valence-corrected chi connectivity index (χ3v) is 1.50. The van der Waals surface area contributed by atoms with Crippen molar-refractivity contribution in [1.82, 2.24) is 0 Å². The first-order valence-electron chi connectivity index (χ1n) is 4.39. The van der Waals surface area contributed by atoms with Crippen molar-refractivity contribution in [1.29, 1.82) is 0 Å². The highest BCUT2D eigenvalue weighted by Crippen LogP contribution is 2.05. The number of aliphatic hydroxyl groups excluding tert-OH is 1. The second-order valence-corrected chi connectivity index (χ2v) is 2.41. The van der Waals surface area contributed by atoms with Crippen molar-refractivity contribution in [2.45, 2.75) is 40.2 Å². The van der Waals surface area contributed by atoms with E-state index in [1.807, 2.05) is 27.7 Å². The van der Waals surface area contributed by atoms with Crippen LogP contribution in [0.25, 0.3) is 0 Å². The average molecular weight is 162 g/mol. The Kier molecular flexibility index (Phi) is 12.2. The maximum absolute atomic E-state index is 9.18.